The molecule has 0 bridgehead atoms. The van der Waals surface area contributed by atoms with Gasteiger partial charge in [-0.1, -0.05) is 0 Å². The molecule has 1 fully saturated rings. The van der Waals surface area contributed by atoms with E-state index in [2.05, 4.69) is 23.7 Å². The molecule has 1 saturated heterocycles. The molecule has 4 heteroatoms. The second-order valence-corrected chi connectivity index (χ2v) is 5.20. The molecule has 2 rings (SSSR count). The zero-order valence-corrected chi connectivity index (χ0v) is 11.6. The minimum Gasteiger partial charge on any atom is -0.392 e. The van der Waals surface area contributed by atoms with Crippen molar-refractivity contribution in [2.75, 3.05) is 18.0 Å². The normalized spacial score (nSPS) is 24.4. The van der Waals surface area contributed by atoms with E-state index in [0.717, 1.165) is 35.7 Å². The Morgan fingerprint density at radius 3 is 2.50 bits per heavy atom. The molecular formula is C14H22N2O2. The van der Waals surface area contributed by atoms with Crippen molar-refractivity contribution in [2.45, 2.75) is 46.5 Å². The number of morpholine rings is 1. The predicted octanol–water partition coefficient (Wildman–Crippen LogP) is 1.80. The Balaban J connectivity index is 2.37. The van der Waals surface area contributed by atoms with Crippen LogP contribution in [-0.2, 0) is 11.3 Å². The molecule has 0 aliphatic carbocycles. The van der Waals surface area contributed by atoms with Gasteiger partial charge in [-0.15, -0.1) is 0 Å². The second kappa shape index (κ2) is 5.24. The number of anilines is 1. The maximum atomic E-state index is 9.55. The van der Waals surface area contributed by atoms with Crippen LogP contribution in [-0.4, -0.2) is 35.4 Å². The van der Waals surface area contributed by atoms with Crippen molar-refractivity contribution in [3.8, 4) is 0 Å². The van der Waals surface area contributed by atoms with E-state index in [9.17, 15) is 5.11 Å². The van der Waals surface area contributed by atoms with Crippen molar-refractivity contribution in [1.29, 1.82) is 0 Å². The number of aromatic nitrogens is 1. The molecule has 1 aliphatic heterocycles. The molecule has 4 nitrogen and oxygen atoms in total. The van der Waals surface area contributed by atoms with Gasteiger partial charge in [0.15, 0.2) is 0 Å². The number of ether oxygens (including phenoxy) is 1. The first-order valence-corrected chi connectivity index (χ1v) is 6.49. The average Bonchev–Trinajstić information content (AvgIpc) is 2.26. The van der Waals surface area contributed by atoms with Gasteiger partial charge in [0.05, 0.1) is 18.8 Å². The summed E-state index contributed by atoms with van der Waals surface area (Å²) in [7, 11) is 0. The van der Waals surface area contributed by atoms with Gasteiger partial charge in [-0.3, -0.25) is 0 Å². The smallest absolute Gasteiger partial charge is 0.134 e. The highest BCUT2D eigenvalue weighted by Crippen LogP contribution is 2.25. The van der Waals surface area contributed by atoms with Crippen LogP contribution in [0, 0.1) is 13.8 Å². The number of aliphatic hydroxyl groups is 1. The molecule has 1 N–H and O–H groups in total. The fourth-order valence-corrected chi connectivity index (χ4v) is 2.65. The highest BCUT2D eigenvalue weighted by molar-refractivity contribution is 5.51. The van der Waals surface area contributed by atoms with Crippen LogP contribution >= 0.6 is 0 Å². The highest BCUT2D eigenvalue weighted by Gasteiger charge is 2.25. The largest absolute Gasteiger partial charge is 0.392 e. The minimum atomic E-state index is 0.0363. The lowest BCUT2D eigenvalue weighted by molar-refractivity contribution is -0.00558. The Morgan fingerprint density at radius 1 is 1.33 bits per heavy atom. The quantitative estimate of drug-likeness (QED) is 0.869. The number of pyridine rings is 1. The van der Waals surface area contributed by atoms with E-state index in [1.165, 1.54) is 0 Å². The van der Waals surface area contributed by atoms with Crippen LogP contribution in [0.5, 0.6) is 0 Å². The molecule has 0 saturated carbocycles. The van der Waals surface area contributed by atoms with Gasteiger partial charge >= 0.3 is 0 Å². The fraction of sp³-hybridized carbons (Fsp3) is 0.643. The molecule has 2 heterocycles. The lowest BCUT2D eigenvalue weighted by atomic mass is 10.1. The van der Waals surface area contributed by atoms with Crippen molar-refractivity contribution in [1.82, 2.24) is 4.98 Å². The Morgan fingerprint density at radius 2 is 1.94 bits per heavy atom. The van der Waals surface area contributed by atoms with Gasteiger partial charge < -0.3 is 14.7 Å². The number of nitrogens with zero attached hydrogens (tertiary/aromatic N) is 2. The predicted molar refractivity (Wildman–Crippen MR) is 71.9 cm³/mol. The minimum absolute atomic E-state index is 0.0363. The Kier molecular flexibility index (Phi) is 3.88. The van der Waals surface area contributed by atoms with Gasteiger partial charge in [-0.2, -0.15) is 0 Å². The third-order valence-electron chi connectivity index (χ3n) is 3.33. The van der Waals surface area contributed by atoms with E-state index in [-0.39, 0.29) is 18.8 Å². The summed E-state index contributed by atoms with van der Waals surface area (Å²) >= 11 is 0. The Hall–Kier alpha value is -1.13. The number of hydrogen-bond donors (Lipinski definition) is 1. The molecule has 0 radical (unpaired) electrons. The lowest BCUT2D eigenvalue weighted by Gasteiger charge is -2.37. The van der Waals surface area contributed by atoms with E-state index in [1.54, 1.807) is 0 Å². The first-order valence-electron chi connectivity index (χ1n) is 6.49. The lowest BCUT2D eigenvalue weighted by Crippen LogP contribution is -2.46. The van der Waals surface area contributed by atoms with Crippen LogP contribution < -0.4 is 4.90 Å². The summed E-state index contributed by atoms with van der Waals surface area (Å²) in [6.45, 7) is 9.85. The molecule has 0 amide bonds. The zero-order valence-electron chi connectivity index (χ0n) is 11.6. The van der Waals surface area contributed by atoms with Crippen LogP contribution in [0.4, 0.5) is 5.82 Å². The van der Waals surface area contributed by atoms with Crippen molar-refractivity contribution in [3.05, 3.63) is 22.9 Å². The zero-order chi connectivity index (χ0) is 13.3. The Bertz CT molecular complexity index is 424. The molecule has 1 aliphatic rings. The monoisotopic (exact) mass is 250 g/mol. The molecule has 0 spiro atoms. The maximum absolute atomic E-state index is 9.55. The number of aryl methyl sites for hydroxylation is 2. The van der Waals surface area contributed by atoms with E-state index in [1.807, 2.05) is 19.9 Å². The first kappa shape index (κ1) is 13.3. The molecule has 0 aromatic carbocycles. The topological polar surface area (TPSA) is 45.6 Å². The summed E-state index contributed by atoms with van der Waals surface area (Å²) < 4.78 is 5.74. The van der Waals surface area contributed by atoms with Crippen molar-refractivity contribution in [2.24, 2.45) is 0 Å². The van der Waals surface area contributed by atoms with Gasteiger partial charge in [0, 0.05) is 24.3 Å². The van der Waals surface area contributed by atoms with Gasteiger partial charge in [-0.25, -0.2) is 4.98 Å². The third-order valence-corrected chi connectivity index (χ3v) is 3.33. The number of rotatable bonds is 2. The summed E-state index contributed by atoms with van der Waals surface area (Å²) in [4.78, 5) is 6.83. The SMILES string of the molecule is Cc1cc(C)c(CO)c(N2C[C@@H](C)O[C@@H](C)C2)n1. The third kappa shape index (κ3) is 2.65. The van der Waals surface area contributed by atoms with Gasteiger partial charge in [0.2, 0.25) is 0 Å². The van der Waals surface area contributed by atoms with Gasteiger partial charge in [0.25, 0.3) is 0 Å². The van der Waals surface area contributed by atoms with Crippen molar-refractivity contribution in [3.63, 3.8) is 0 Å². The van der Waals surface area contributed by atoms with E-state index >= 15 is 0 Å². The number of aliphatic hydroxyl groups excluding tert-OH is 1. The molecule has 18 heavy (non-hydrogen) atoms. The van der Waals surface area contributed by atoms with E-state index in [4.69, 9.17) is 4.74 Å². The number of hydrogen-bond acceptors (Lipinski definition) is 4. The summed E-state index contributed by atoms with van der Waals surface area (Å²) in [6, 6.07) is 2.02. The van der Waals surface area contributed by atoms with Crippen LogP contribution in [0.1, 0.15) is 30.7 Å². The molecule has 2 atom stereocenters. The van der Waals surface area contributed by atoms with Crippen LogP contribution in [0.25, 0.3) is 0 Å². The standard InChI is InChI=1S/C14H22N2O2/c1-9-5-10(2)15-14(13(9)8-17)16-6-11(3)18-12(4)7-16/h5,11-12,17H,6-8H2,1-4H3/t11-,12+. The summed E-state index contributed by atoms with van der Waals surface area (Å²) in [5, 5.41) is 9.55. The maximum Gasteiger partial charge on any atom is 0.134 e. The summed E-state index contributed by atoms with van der Waals surface area (Å²) in [6.07, 6.45) is 0.394. The van der Waals surface area contributed by atoms with Crippen molar-refractivity contribution < 1.29 is 9.84 Å². The van der Waals surface area contributed by atoms with E-state index < -0.39 is 0 Å². The van der Waals surface area contributed by atoms with Gasteiger partial charge in [-0.05, 0) is 39.3 Å². The van der Waals surface area contributed by atoms with E-state index in [0.29, 0.717) is 0 Å². The van der Waals surface area contributed by atoms with Crippen LogP contribution in [0.15, 0.2) is 6.07 Å². The molecule has 1 aromatic rings. The second-order valence-electron chi connectivity index (χ2n) is 5.20. The summed E-state index contributed by atoms with van der Waals surface area (Å²) in [5.41, 5.74) is 3.03. The Labute approximate surface area is 109 Å². The first-order chi connectivity index (χ1) is 8.51. The van der Waals surface area contributed by atoms with Crippen LogP contribution in [0.2, 0.25) is 0 Å². The van der Waals surface area contributed by atoms with Crippen molar-refractivity contribution >= 4 is 5.82 Å². The van der Waals surface area contributed by atoms with Gasteiger partial charge in [0.1, 0.15) is 5.82 Å². The molecule has 0 unspecified atom stereocenters. The molecule has 1 aromatic heterocycles. The molecule has 100 valence electrons. The summed E-state index contributed by atoms with van der Waals surface area (Å²) in [5.74, 6) is 0.914. The molecular weight excluding hydrogens is 228 g/mol. The fourth-order valence-electron chi connectivity index (χ4n) is 2.65. The highest BCUT2D eigenvalue weighted by atomic mass is 16.5. The average molecular weight is 250 g/mol. The van der Waals surface area contributed by atoms with Crippen LogP contribution in [0.3, 0.4) is 0 Å².